The van der Waals surface area contributed by atoms with Crippen molar-refractivity contribution in [2.24, 2.45) is 16.8 Å². The van der Waals surface area contributed by atoms with E-state index in [1.807, 2.05) is 4.90 Å². The largest absolute Gasteiger partial charge is 0.350 e. The van der Waals surface area contributed by atoms with Crippen LogP contribution >= 0.6 is 11.8 Å². The second-order valence-corrected chi connectivity index (χ2v) is 8.64. The second-order valence-electron chi connectivity index (χ2n) is 7.80. The maximum absolute atomic E-state index is 12.7. The van der Waals surface area contributed by atoms with Crippen molar-refractivity contribution in [3.8, 4) is 0 Å². The summed E-state index contributed by atoms with van der Waals surface area (Å²) in [6, 6.07) is 0. The fourth-order valence-corrected chi connectivity index (χ4v) is 5.38. The van der Waals surface area contributed by atoms with Crippen LogP contribution in [0, 0.1) is 11.8 Å². The molecule has 1 atom stereocenters. The lowest BCUT2D eigenvalue weighted by Gasteiger charge is -2.35. The van der Waals surface area contributed by atoms with Crippen molar-refractivity contribution >= 4 is 28.7 Å². The number of hydrogen-bond donors (Lipinski definition) is 1. The number of hydrogen-bond acceptors (Lipinski definition) is 5. The van der Waals surface area contributed by atoms with Crippen LogP contribution in [0.1, 0.15) is 44.9 Å². The van der Waals surface area contributed by atoms with Gasteiger partial charge in [-0.3, -0.25) is 14.6 Å². The van der Waals surface area contributed by atoms with Crippen LogP contribution in [-0.2, 0) is 9.59 Å². The van der Waals surface area contributed by atoms with Gasteiger partial charge in [-0.05, 0) is 25.2 Å². The van der Waals surface area contributed by atoms with E-state index in [1.54, 1.807) is 11.8 Å². The third kappa shape index (κ3) is 3.92. The van der Waals surface area contributed by atoms with E-state index in [9.17, 15) is 9.59 Å². The smallest absolute Gasteiger partial charge is 0.225 e. The minimum atomic E-state index is -0.0716. The molecular weight excluding hydrogens is 348 g/mol. The van der Waals surface area contributed by atoms with Crippen LogP contribution < -0.4 is 5.32 Å². The Bertz CT molecular complexity index is 627. The number of aliphatic imine (C=N–C) groups is 1. The summed E-state index contributed by atoms with van der Waals surface area (Å²) in [7, 11) is 0. The van der Waals surface area contributed by atoms with Crippen LogP contribution in [0.15, 0.2) is 16.1 Å². The highest BCUT2D eigenvalue weighted by atomic mass is 32.2. The zero-order chi connectivity index (χ0) is 17.9. The van der Waals surface area contributed by atoms with Crippen molar-refractivity contribution in [1.29, 1.82) is 0 Å². The maximum atomic E-state index is 12.7. The summed E-state index contributed by atoms with van der Waals surface area (Å²) in [6.07, 6.45) is 7.53. The van der Waals surface area contributed by atoms with Crippen LogP contribution in [0.25, 0.3) is 0 Å². The molecular formula is C19H28N4O2S. The highest BCUT2D eigenvalue weighted by Crippen LogP contribution is 2.29. The third-order valence-corrected chi connectivity index (χ3v) is 6.92. The Hall–Kier alpha value is -1.50. The van der Waals surface area contributed by atoms with Crippen molar-refractivity contribution in [2.75, 3.05) is 32.7 Å². The Morgan fingerprint density at radius 3 is 2.96 bits per heavy atom. The first-order chi connectivity index (χ1) is 12.7. The summed E-state index contributed by atoms with van der Waals surface area (Å²) in [6.45, 7) is 3.74. The molecule has 2 amide bonds. The fourth-order valence-electron chi connectivity index (χ4n) is 4.42. The lowest BCUT2D eigenvalue weighted by atomic mass is 9.87. The molecule has 6 nitrogen and oxygen atoms in total. The van der Waals surface area contributed by atoms with E-state index in [1.165, 1.54) is 32.1 Å². The molecule has 4 aliphatic rings. The number of thioether (sulfide) groups is 1. The van der Waals surface area contributed by atoms with Gasteiger partial charge in [-0.15, -0.1) is 0 Å². The quantitative estimate of drug-likeness (QED) is 0.799. The van der Waals surface area contributed by atoms with E-state index in [4.69, 9.17) is 0 Å². The molecule has 0 bridgehead atoms. The minimum absolute atomic E-state index is 0.0716. The van der Waals surface area contributed by atoms with Crippen molar-refractivity contribution in [1.82, 2.24) is 15.1 Å². The number of amidine groups is 1. The van der Waals surface area contributed by atoms with Crippen LogP contribution in [0.5, 0.6) is 0 Å². The maximum Gasteiger partial charge on any atom is 0.225 e. The summed E-state index contributed by atoms with van der Waals surface area (Å²) in [4.78, 5) is 33.5. The normalized spacial score (nSPS) is 26.6. The van der Waals surface area contributed by atoms with Gasteiger partial charge in [0.25, 0.3) is 0 Å². The van der Waals surface area contributed by atoms with Crippen molar-refractivity contribution in [3.05, 3.63) is 11.1 Å². The molecule has 1 unspecified atom stereocenters. The second kappa shape index (κ2) is 8.03. The summed E-state index contributed by atoms with van der Waals surface area (Å²) < 4.78 is 0. The summed E-state index contributed by atoms with van der Waals surface area (Å²) in [5.41, 5.74) is 1.13. The van der Waals surface area contributed by atoms with Gasteiger partial charge in [0.2, 0.25) is 11.8 Å². The Labute approximate surface area is 159 Å². The van der Waals surface area contributed by atoms with Crippen LogP contribution in [0.3, 0.4) is 0 Å². The molecule has 26 heavy (non-hydrogen) atoms. The Kier molecular flexibility index (Phi) is 5.52. The Balaban J connectivity index is 1.27. The summed E-state index contributed by atoms with van der Waals surface area (Å²) in [5, 5.41) is 6.22. The zero-order valence-electron chi connectivity index (χ0n) is 15.3. The molecule has 0 spiro atoms. The molecule has 1 saturated carbocycles. The lowest BCUT2D eigenvalue weighted by molar-refractivity contribution is -0.139. The number of nitrogens with one attached hydrogen (secondary N) is 1. The van der Waals surface area contributed by atoms with Gasteiger partial charge in [-0.1, -0.05) is 31.0 Å². The highest BCUT2D eigenvalue weighted by molar-refractivity contribution is 8.16. The van der Waals surface area contributed by atoms with Gasteiger partial charge < -0.3 is 15.1 Å². The van der Waals surface area contributed by atoms with Crippen molar-refractivity contribution in [2.45, 2.75) is 44.9 Å². The first kappa shape index (κ1) is 17.9. The number of piperidine rings is 1. The van der Waals surface area contributed by atoms with Gasteiger partial charge in [0.05, 0.1) is 19.0 Å². The van der Waals surface area contributed by atoms with Gasteiger partial charge in [-0.25, -0.2) is 0 Å². The summed E-state index contributed by atoms with van der Waals surface area (Å²) in [5.74, 6) is 0.870. The van der Waals surface area contributed by atoms with Crippen LogP contribution in [-0.4, -0.2) is 59.5 Å². The predicted octanol–water partition coefficient (Wildman–Crippen LogP) is 2.18. The van der Waals surface area contributed by atoms with E-state index in [-0.39, 0.29) is 17.7 Å². The molecule has 1 N–H and O–H groups in total. The van der Waals surface area contributed by atoms with Gasteiger partial charge >= 0.3 is 0 Å². The molecule has 1 aliphatic carbocycles. The predicted molar refractivity (Wildman–Crippen MR) is 104 cm³/mol. The minimum Gasteiger partial charge on any atom is -0.350 e. The highest BCUT2D eigenvalue weighted by Gasteiger charge is 2.32. The summed E-state index contributed by atoms with van der Waals surface area (Å²) >= 11 is 1.64. The molecule has 0 radical (unpaired) electrons. The molecule has 1 saturated heterocycles. The first-order valence-corrected chi connectivity index (χ1v) is 10.8. The zero-order valence-corrected chi connectivity index (χ0v) is 16.1. The van der Waals surface area contributed by atoms with E-state index >= 15 is 0 Å². The van der Waals surface area contributed by atoms with Gasteiger partial charge in [0.1, 0.15) is 0 Å². The number of likely N-dealkylation sites (tertiary alicyclic amines) is 1. The average molecular weight is 377 g/mol. The topological polar surface area (TPSA) is 65.0 Å². The van der Waals surface area contributed by atoms with Gasteiger partial charge in [-0.2, -0.15) is 0 Å². The van der Waals surface area contributed by atoms with E-state index in [2.05, 4.69) is 20.6 Å². The molecule has 0 aromatic carbocycles. The number of carbonyl (C=O) groups excluding carboxylic acids is 2. The van der Waals surface area contributed by atoms with Gasteiger partial charge in [0.15, 0.2) is 5.17 Å². The van der Waals surface area contributed by atoms with Crippen molar-refractivity contribution < 1.29 is 9.59 Å². The molecule has 4 rings (SSSR count). The Morgan fingerprint density at radius 2 is 2.12 bits per heavy atom. The lowest BCUT2D eigenvalue weighted by Crippen LogP contribution is -2.48. The SMILES string of the molecule is O=C(NCC1=CSC2=NCCN12)C1CCC(=O)N(CC2CCCCC2)C1. The van der Waals surface area contributed by atoms with Crippen molar-refractivity contribution in [3.63, 3.8) is 0 Å². The number of nitrogens with zero attached hydrogens (tertiary/aromatic N) is 3. The fraction of sp³-hybridized carbons (Fsp3) is 0.737. The number of fused-ring (bicyclic) bond motifs is 1. The van der Waals surface area contributed by atoms with Crippen LogP contribution in [0.4, 0.5) is 0 Å². The van der Waals surface area contributed by atoms with Crippen LogP contribution in [0.2, 0.25) is 0 Å². The molecule has 0 aromatic rings. The van der Waals surface area contributed by atoms with E-state index < -0.39 is 0 Å². The Morgan fingerprint density at radius 1 is 1.27 bits per heavy atom. The van der Waals surface area contributed by atoms with E-state index in [0.717, 1.165) is 30.5 Å². The third-order valence-electron chi connectivity index (χ3n) is 5.97. The number of carbonyl (C=O) groups is 2. The van der Waals surface area contributed by atoms with Gasteiger partial charge in [0, 0.05) is 37.2 Å². The monoisotopic (exact) mass is 376 g/mol. The number of amides is 2. The first-order valence-electron chi connectivity index (χ1n) is 9.94. The molecule has 0 aromatic heterocycles. The molecule has 3 heterocycles. The van der Waals surface area contributed by atoms with E-state index in [0.29, 0.717) is 31.8 Å². The molecule has 7 heteroatoms. The number of rotatable bonds is 5. The standard InChI is InChI=1S/C19H28N4O2S/c24-17-7-6-15(12-22(17)11-14-4-2-1-3-5-14)18(25)21-10-16-13-26-19-20-8-9-23(16)19/h13-15H,1-12H2,(H,21,25). The average Bonchev–Trinajstić information content (AvgIpc) is 3.26. The molecule has 2 fully saturated rings. The molecule has 142 valence electrons. The molecule has 3 aliphatic heterocycles.